The number of phenolic OH excluding ortho intramolecular Hbond substituents is 1. The summed E-state index contributed by atoms with van der Waals surface area (Å²) in [5.41, 5.74) is -0.486. The van der Waals surface area contributed by atoms with Gasteiger partial charge in [0.2, 0.25) is 0 Å². The van der Waals surface area contributed by atoms with Crippen LogP contribution in [0.4, 0.5) is 10.5 Å². The maximum atomic E-state index is 12.3. The molecule has 0 aromatic heterocycles. The van der Waals surface area contributed by atoms with Gasteiger partial charge in [0.1, 0.15) is 16.9 Å². The number of carbonyl (C=O) groups excluding carboxylic acids is 2. The number of piperidine rings is 1. The summed E-state index contributed by atoms with van der Waals surface area (Å²) in [7, 11) is -2.52. The summed E-state index contributed by atoms with van der Waals surface area (Å²) >= 11 is 0. The number of phenols is 1. The maximum absolute atomic E-state index is 12.3. The summed E-state index contributed by atoms with van der Waals surface area (Å²) in [6, 6.07) is 2.30. The molecule has 1 aromatic rings. The highest BCUT2D eigenvalue weighted by Crippen LogP contribution is 2.34. The molecule has 0 radical (unpaired) electrons. The van der Waals surface area contributed by atoms with Crippen molar-refractivity contribution in [2.75, 3.05) is 31.4 Å². The highest BCUT2D eigenvalue weighted by Gasteiger charge is 2.28. The van der Waals surface area contributed by atoms with Crippen molar-refractivity contribution in [1.82, 2.24) is 5.32 Å². The van der Waals surface area contributed by atoms with Crippen molar-refractivity contribution in [2.45, 2.75) is 50.2 Å². The first-order valence-corrected chi connectivity index (χ1v) is 11.1. The van der Waals surface area contributed by atoms with Crippen LogP contribution in [0, 0.1) is 0 Å². The van der Waals surface area contributed by atoms with Crippen molar-refractivity contribution in [3.05, 3.63) is 17.7 Å². The predicted octanol–water partition coefficient (Wildman–Crippen LogP) is 2.08. The molecule has 2 N–H and O–H groups in total. The second-order valence-electron chi connectivity index (χ2n) is 8.01. The first-order chi connectivity index (χ1) is 13.3. The number of hydrogen-bond acceptors (Lipinski definition) is 8. The zero-order valence-electron chi connectivity index (χ0n) is 17.3. The molecule has 162 valence electrons. The largest absolute Gasteiger partial charge is 0.507 e. The van der Waals surface area contributed by atoms with Gasteiger partial charge in [-0.05, 0) is 39.7 Å². The molecule has 2 rings (SSSR count). The van der Waals surface area contributed by atoms with Gasteiger partial charge in [0.25, 0.3) is 0 Å². The number of aromatic hydroxyl groups is 1. The fraction of sp³-hybridized carbons (Fsp3) is 0.579. The third-order valence-corrected chi connectivity index (χ3v) is 5.56. The van der Waals surface area contributed by atoms with E-state index in [1.54, 1.807) is 20.8 Å². The molecule has 0 saturated carbocycles. The molecule has 0 unspecified atom stereocenters. The Kier molecular flexibility index (Phi) is 6.67. The van der Waals surface area contributed by atoms with Crippen molar-refractivity contribution in [3.63, 3.8) is 0 Å². The van der Waals surface area contributed by atoms with Crippen LogP contribution in [0.3, 0.4) is 0 Å². The number of sulfone groups is 1. The van der Waals surface area contributed by atoms with E-state index in [2.05, 4.69) is 10.1 Å². The average Bonchev–Trinajstić information content (AvgIpc) is 2.58. The van der Waals surface area contributed by atoms with E-state index in [0.717, 1.165) is 19.4 Å². The Bertz CT molecular complexity index is 883. The Balaban J connectivity index is 2.19. The summed E-state index contributed by atoms with van der Waals surface area (Å²) in [6.07, 6.45) is 1.69. The average molecular weight is 429 g/mol. The molecule has 1 fully saturated rings. The Morgan fingerprint density at radius 2 is 1.79 bits per heavy atom. The Labute approximate surface area is 170 Å². The van der Waals surface area contributed by atoms with Gasteiger partial charge in [-0.2, -0.15) is 0 Å². The van der Waals surface area contributed by atoms with Crippen LogP contribution in [0.5, 0.6) is 5.75 Å². The third kappa shape index (κ3) is 5.99. The van der Waals surface area contributed by atoms with E-state index in [9.17, 15) is 23.1 Å². The number of ether oxygens (including phenoxy) is 2. The van der Waals surface area contributed by atoms with Crippen LogP contribution in [-0.2, 0) is 19.3 Å². The number of methoxy groups -OCH3 is 1. The minimum Gasteiger partial charge on any atom is -0.507 e. The normalized spacial score (nSPS) is 15.7. The summed E-state index contributed by atoms with van der Waals surface area (Å²) in [4.78, 5) is 25.5. The van der Waals surface area contributed by atoms with Crippen molar-refractivity contribution in [3.8, 4) is 5.75 Å². The second-order valence-corrected chi connectivity index (χ2v) is 9.99. The lowest BCUT2D eigenvalue weighted by Crippen LogP contribution is -2.46. The highest BCUT2D eigenvalue weighted by atomic mass is 32.2. The van der Waals surface area contributed by atoms with Crippen molar-refractivity contribution in [2.24, 2.45) is 0 Å². The van der Waals surface area contributed by atoms with Gasteiger partial charge >= 0.3 is 12.1 Å². The predicted molar refractivity (Wildman–Crippen MR) is 107 cm³/mol. The standard InChI is InChI=1S/C19H28N2O7S/c1-19(2,3)28-18(24)20-12-6-8-21(9-7-12)14-11-15(22)13(17(23)27-4)10-16(14)29(5,25)26/h10-12,22H,6-9H2,1-5H3,(H,20,24). The quantitative estimate of drug-likeness (QED) is 0.699. The van der Waals surface area contributed by atoms with Crippen LogP contribution >= 0.6 is 0 Å². The number of benzene rings is 1. The van der Waals surface area contributed by atoms with Crippen molar-refractivity contribution in [1.29, 1.82) is 0 Å². The van der Waals surface area contributed by atoms with Gasteiger partial charge in [-0.15, -0.1) is 0 Å². The minimum atomic E-state index is -3.67. The Morgan fingerprint density at radius 1 is 1.21 bits per heavy atom. The molecule has 0 aliphatic carbocycles. The molecule has 1 aliphatic rings. The number of rotatable bonds is 4. The summed E-state index contributed by atoms with van der Waals surface area (Å²) in [6.45, 7) is 6.27. The topological polar surface area (TPSA) is 122 Å². The molecule has 1 heterocycles. The van der Waals surface area contributed by atoms with E-state index in [-0.39, 0.29) is 22.3 Å². The lowest BCUT2D eigenvalue weighted by molar-refractivity contribution is 0.0496. The van der Waals surface area contributed by atoms with Crippen LogP contribution in [0.1, 0.15) is 44.0 Å². The van der Waals surface area contributed by atoms with Crippen LogP contribution in [-0.4, -0.2) is 63.7 Å². The van der Waals surface area contributed by atoms with E-state index in [4.69, 9.17) is 4.74 Å². The monoisotopic (exact) mass is 428 g/mol. The highest BCUT2D eigenvalue weighted by molar-refractivity contribution is 7.90. The first-order valence-electron chi connectivity index (χ1n) is 9.21. The molecular formula is C19H28N2O7S. The van der Waals surface area contributed by atoms with Gasteiger partial charge in [-0.1, -0.05) is 0 Å². The molecule has 0 spiro atoms. The Morgan fingerprint density at radius 3 is 2.28 bits per heavy atom. The van der Waals surface area contributed by atoms with Gasteiger partial charge in [0.15, 0.2) is 9.84 Å². The fourth-order valence-electron chi connectivity index (χ4n) is 3.11. The van der Waals surface area contributed by atoms with E-state index < -0.39 is 27.5 Å². The van der Waals surface area contributed by atoms with E-state index in [0.29, 0.717) is 31.6 Å². The number of alkyl carbamates (subject to hydrolysis) is 1. The molecule has 0 atom stereocenters. The zero-order chi connectivity index (χ0) is 22.0. The molecule has 0 bridgehead atoms. The second kappa shape index (κ2) is 8.48. The number of amides is 1. The van der Waals surface area contributed by atoms with Gasteiger partial charge < -0.3 is 24.8 Å². The Hall–Kier alpha value is -2.49. The maximum Gasteiger partial charge on any atom is 0.407 e. The number of carbonyl (C=O) groups is 2. The lowest BCUT2D eigenvalue weighted by Gasteiger charge is -2.35. The van der Waals surface area contributed by atoms with Crippen molar-refractivity contribution < 1.29 is 32.6 Å². The number of anilines is 1. The van der Waals surface area contributed by atoms with Crippen LogP contribution in [0.2, 0.25) is 0 Å². The summed E-state index contributed by atoms with van der Waals surface area (Å²) < 4.78 is 34.4. The lowest BCUT2D eigenvalue weighted by atomic mass is 10.0. The number of nitrogens with zero attached hydrogens (tertiary/aromatic N) is 1. The third-order valence-electron chi connectivity index (χ3n) is 4.44. The van der Waals surface area contributed by atoms with E-state index >= 15 is 0 Å². The van der Waals surface area contributed by atoms with Gasteiger partial charge in [-0.25, -0.2) is 18.0 Å². The molecule has 1 amide bonds. The van der Waals surface area contributed by atoms with Crippen LogP contribution in [0.25, 0.3) is 0 Å². The van der Waals surface area contributed by atoms with E-state index in [1.807, 2.05) is 4.90 Å². The fourth-order valence-corrected chi connectivity index (χ4v) is 4.01. The van der Waals surface area contributed by atoms with E-state index in [1.165, 1.54) is 6.07 Å². The number of esters is 1. The van der Waals surface area contributed by atoms with Crippen molar-refractivity contribution >= 4 is 27.6 Å². The zero-order valence-corrected chi connectivity index (χ0v) is 18.1. The van der Waals surface area contributed by atoms with Crippen LogP contribution < -0.4 is 10.2 Å². The smallest absolute Gasteiger partial charge is 0.407 e. The molecule has 10 heteroatoms. The minimum absolute atomic E-state index is 0.0609. The van der Waals surface area contributed by atoms with Crippen LogP contribution in [0.15, 0.2) is 17.0 Å². The summed E-state index contributed by atoms with van der Waals surface area (Å²) in [5, 5.41) is 13.0. The number of hydrogen-bond donors (Lipinski definition) is 2. The molecule has 1 aromatic carbocycles. The van der Waals surface area contributed by atoms with Gasteiger partial charge in [0, 0.05) is 31.5 Å². The molecule has 29 heavy (non-hydrogen) atoms. The summed E-state index contributed by atoms with van der Waals surface area (Å²) in [5.74, 6) is -1.17. The molecule has 1 aliphatic heterocycles. The molecule has 9 nitrogen and oxygen atoms in total. The molecule has 1 saturated heterocycles. The van der Waals surface area contributed by atoms with Gasteiger partial charge in [-0.3, -0.25) is 0 Å². The SMILES string of the molecule is COC(=O)c1cc(S(C)(=O)=O)c(N2CCC(NC(=O)OC(C)(C)C)CC2)cc1O. The molecular weight excluding hydrogens is 400 g/mol. The number of nitrogens with one attached hydrogen (secondary N) is 1. The van der Waals surface area contributed by atoms with Gasteiger partial charge in [0.05, 0.1) is 17.7 Å². The first kappa shape index (κ1) is 22.8.